The molecule has 0 saturated carbocycles. The average Bonchev–Trinajstić information content (AvgIpc) is 3.22. The van der Waals surface area contributed by atoms with E-state index in [9.17, 15) is 9.59 Å². The van der Waals surface area contributed by atoms with E-state index in [4.69, 9.17) is 10.2 Å². The molecular formula is C17H23N5O3. The Morgan fingerprint density at radius 2 is 2.04 bits per heavy atom. The molecule has 2 aromatic rings. The van der Waals surface area contributed by atoms with Gasteiger partial charge in [0.2, 0.25) is 0 Å². The van der Waals surface area contributed by atoms with Gasteiger partial charge in [-0.25, -0.2) is 0 Å². The highest BCUT2D eigenvalue weighted by molar-refractivity contribution is 6.06. The molecule has 0 unspecified atom stereocenters. The maximum absolute atomic E-state index is 12.4. The summed E-state index contributed by atoms with van der Waals surface area (Å²) >= 11 is 0. The topological polar surface area (TPSA) is 106 Å². The van der Waals surface area contributed by atoms with Crippen molar-refractivity contribution in [1.29, 1.82) is 0 Å². The number of piperidine rings is 1. The van der Waals surface area contributed by atoms with Crippen LogP contribution in [0.5, 0.6) is 0 Å². The standard InChI is InChI=1S/C17H23N5O3/c1-2-22-11-13(15(20-22)16(18)23)19-17(24)14-7-6-12(25-14)10-21-8-4-3-5-9-21/h6-7,11H,2-5,8-10H2,1H3,(H2,18,23)(H,19,24). The molecule has 0 radical (unpaired) electrons. The number of furan rings is 1. The first kappa shape index (κ1) is 17.2. The fourth-order valence-electron chi connectivity index (χ4n) is 2.96. The highest BCUT2D eigenvalue weighted by Gasteiger charge is 2.19. The molecule has 3 N–H and O–H groups in total. The van der Waals surface area contributed by atoms with Crippen molar-refractivity contribution in [1.82, 2.24) is 14.7 Å². The van der Waals surface area contributed by atoms with Crippen molar-refractivity contribution in [2.45, 2.75) is 39.3 Å². The number of hydrogen-bond donors (Lipinski definition) is 2. The maximum atomic E-state index is 12.4. The van der Waals surface area contributed by atoms with Crippen LogP contribution in [-0.4, -0.2) is 39.6 Å². The van der Waals surface area contributed by atoms with Gasteiger partial charge in [-0.2, -0.15) is 5.10 Å². The van der Waals surface area contributed by atoms with Crippen molar-refractivity contribution in [3.63, 3.8) is 0 Å². The summed E-state index contributed by atoms with van der Waals surface area (Å²) in [6.45, 7) is 5.26. The van der Waals surface area contributed by atoms with E-state index in [0.717, 1.165) is 18.8 Å². The first-order valence-electron chi connectivity index (χ1n) is 8.56. The summed E-state index contributed by atoms with van der Waals surface area (Å²) in [6, 6.07) is 3.46. The number of nitrogens with one attached hydrogen (secondary N) is 1. The number of likely N-dealkylation sites (tertiary alicyclic amines) is 1. The third-order valence-electron chi connectivity index (χ3n) is 4.28. The lowest BCUT2D eigenvalue weighted by atomic mass is 10.1. The molecule has 1 saturated heterocycles. The van der Waals surface area contributed by atoms with E-state index in [1.165, 1.54) is 19.3 Å². The lowest BCUT2D eigenvalue weighted by Crippen LogP contribution is -2.28. The number of aromatic nitrogens is 2. The Bertz CT molecular complexity index is 758. The number of amides is 2. The van der Waals surface area contributed by atoms with Crippen molar-refractivity contribution in [2.75, 3.05) is 18.4 Å². The number of primary amides is 1. The summed E-state index contributed by atoms with van der Waals surface area (Å²) in [4.78, 5) is 26.2. The second-order valence-electron chi connectivity index (χ2n) is 6.17. The van der Waals surface area contributed by atoms with E-state index in [1.54, 1.807) is 16.9 Å². The fourth-order valence-corrected chi connectivity index (χ4v) is 2.96. The predicted octanol–water partition coefficient (Wildman–Crippen LogP) is 1.83. The lowest BCUT2D eigenvalue weighted by molar-refractivity contribution is 0.0992. The van der Waals surface area contributed by atoms with Crippen molar-refractivity contribution in [2.24, 2.45) is 5.73 Å². The molecule has 2 aromatic heterocycles. The summed E-state index contributed by atoms with van der Waals surface area (Å²) in [6.07, 6.45) is 5.25. The summed E-state index contributed by atoms with van der Waals surface area (Å²) in [7, 11) is 0. The number of hydrogen-bond acceptors (Lipinski definition) is 5. The molecule has 1 aliphatic rings. The average molecular weight is 345 g/mol. The zero-order valence-electron chi connectivity index (χ0n) is 14.3. The van der Waals surface area contributed by atoms with Gasteiger partial charge in [0.05, 0.1) is 12.2 Å². The molecule has 0 aromatic carbocycles. The number of carbonyl (C=O) groups excluding carboxylic acids is 2. The second kappa shape index (κ2) is 7.52. The molecule has 25 heavy (non-hydrogen) atoms. The van der Waals surface area contributed by atoms with Gasteiger partial charge < -0.3 is 15.5 Å². The number of rotatable bonds is 6. The van der Waals surface area contributed by atoms with Crippen LogP contribution in [0, 0.1) is 0 Å². The Morgan fingerprint density at radius 3 is 2.72 bits per heavy atom. The molecule has 3 heterocycles. The minimum atomic E-state index is -0.687. The van der Waals surface area contributed by atoms with E-state index in [1.807, 2.05) is 13.0 Å². The van der Waals surface area contributed by atoms with Crippen LogP contribution in [0.4, 0.5) is 5.69 Å². The van der Waals surface area contributed by atoms with Gasteiger partial charge >= 0.3 is 0 Å². The molecular weight excluding hydrogens is 322 g/mol. The second-order valence-corrected chi connectivity index (χ2v) is 6.17. The van der Waals surface area contributed by atoms with Gasteiger partial charge in [-0.15, -0.1) is 0 Å². The molecule has 0 bridgehead atoms. The Morgan fingerprint density at radius 1 is 1.28 bits per heavy atom. The van der Waals surface area contributed by atoms with Crippen LogP contribution in [0.15, 0.2) is 22.7 Å². The predicted molar refractivity (Wildman–Crippen MR) is 92.2 cm³/mol. The number of nitrogens with zero attached hydrogens (tertiary/aromatic N) is 3. The highest BCUT2D eigenvalue weighted by atomic mass is 16.4. The van der Waals surface area contributed by atoms with Crippen LogP contribution >= 0.6 is 0 Å². The molecule has 1 fully saturated rings. The number of anilines is 1. The van der Waals surface area contributed by atoms with Crippen molar-refractivity contribution >= 4 is 17.5 Å². The van der Waals surface area contributed by atoms with Crippen LogP contribution in [-0.2, 0) is 13.1 Å². The van der Waals surface area contributed by atoms with Gasteiger partial charge in [0.25, 0.3) is 11.8 Å². The molecule has 0 atom stereocenters. The van der Waals surface area contributed by atoms with E-state index in [-0.39, 0.29) is 17.1 Å². The third kappa shape index (κ3) is 4.08. The van der Waals surface area contributed by atoms with Crippen molar-refractivity contribution in [3.8, 4) is 0 Å². The fraction of sp³-hybridized carbons (Fsp3) is 0.471. The Kier molecular flexibility index (Phi) is 5.18. The van der Waals surface area contributed by atoms with Gasteiger partial charge in [0.15, 0.2) is 11.5 Å². The summed E-state index contributed by atoms with van der Waals surface area (Å²) in [5.41, 5.74) is 5.63. The molecule has 134 valence electrons. The van der Waals surface area contributed by atoms with Crippen LogP contribution in [0.25, 0.3) is 0 Å². The van der Waals surface area contributed by atoms with Crippen LogP contribution in [0.1, 0.15) is 53.0 Å². The van der Waals surface area contributed by atoms with Gasteiger partial charge in [0, 0.05) is 12.7 Å². The van der Waals surface area contributed by atoms with Crippen LogP contribution < -0.4 is 11.1 Å². The van der Waals surface area contributed by atoms with Gasteiger partial charge in [-0.05, 0) is 45.0 Å². The Labute approximate surface area is 146 Å². The molecule has 0 spiro atoms. The van der Waals surface area contributed by atoms with E-state index < -0.39 is 11.8 Å². The van der Waals surface area contributed by atoms with Gasteiger partial charge in [-0.1, -0.05) is 6.42 Å². The van der Waals surface area contributed by atoms with Gasteiger partial charge in [0.1, 0.15) is 5.76 Å². The van der Waals surface area contributed by atoms with Gasteiger partial charge in [-0.3, -0.25) is 19.2 Å². The van der Waals surface area contributed by atoms with E-state index in [0.29, 0.717) is 13.1 Å². The quantitative estimate of drug-likeness (QED) is 0.831. The first-order valence-corrected chi connectivity index (χ1v) is 8.56. The molecule has 0 aliphatic carbocycles. The molecule has 8 nitrogen and oxygen atoms in total. The molecule has 8 heteroatoms. The largest absolute Gasteiger partial charge is 0.455 e. The monoisotopic (exact) mass is 345 g/mol. The molecule has 1 aliphatic heterocycles. The smallest absolute Gasteiger partial charge is 0.291 e. The zero-order valence-corrected chi connectivity index (χ0v) is 14.3. The minimum absolute atomic E-state index is 0.0373. The van der Waals surface area contributed by atoms with Crippen LogP contribution in [0.3, 0.4) is 0 Å². The summed E-state index contributed by atoms with van der Waals surface area (Å²) in [5, 5.41) is 6.70. The first-order chi connectivity index (χ1) is 12.1. The number of carbonyl (C=O) groups is 2. The maximum Gasteiger partial charge on any atom is 0.291 e. The zero-order chi connectivity index (χ0) is 17.8. The van der Waals surface area contributed by atoms with Crippen molar-refractivity contribution in [3.05, 3.63) is 35.5 Å². The van der Waals surface area contributed by atoms with Crippen LogP contribution in [0.2, 0.25) is 0 Å². The summed E-state index contributed by atoms with van der Waals surface area (Å²) in [5.74, 6) is -0.158. The minimum Gasteiger partial charge on any atom is -0.455 e. The Hall–Kier alpha value is -2.61. The third-order valence-corrected chi connectivity index (χ3v) is 4.28. The number of aryl methyl sites for hydroxylation is 1. The Balaban J connectivity index is 1.67. The molecule has 3 rings (SSSR count). The van der Waals surface area contributed by atoms with E-state index in [2.05, 4.69) is 15.3 Å². The normalized spacial score (nSPS) is 15.2. The van der Waals surface area contributed by atoms with E-state index >= 15 is 0 Å². The highest BCUT2D eigenvalue weighted by Crippen LogP contribution is 2.18. The lowest BCUT2D eigenvalue weighted by Gasteiger charge is -2.25. The SMILES string of the molecule is CCn1cc(NC(=O)c2ccc(CN3CCCCC3)o2)c(C(N)=O)n1. The van der Waals surface area contributed by atoms with Crippen molar-refractivity contribution < 1.29 is 14.0 Å². The molecule has 2 amide bonds. The number of nitrogens with two attached hydrogens (primary N) is 1. The summed E-state index contributed by atoms with van der Waals surface area (Å²) < 4.78 is 7.20.